The van der Waals surface area contributed by atoms with Crippen LogP contribution in [0.15, 0.2) is 54.6 Å². The summed E-state index contributed by atoms with van der Waals surface area (Å²) in [4.78, 5) is 12.7. The number of sulfonamides is 1. The lowest BCUT2D eigenvalue weighted by Gasteiger charge is -2.29. The zero-order valence-corrected chi connectivity index (χ0v) is 16.5. The highest BCUT2D eigenvalue weighted by molar-refractivity contribution is 7.92. The molecular formula is C20H26N2O3S. The van der Waals surface area contributed by atoms with Gasteiger partial charge in [-0.2, -0.15) is 0 Å². The van der Waals surface area contributed by atoms with Gasteiger partial charge in [-0.15, -0.1) is 0 Å². The Balaban J connectivity index is 2.23. The number of nitrogens with one attached hydrogen (secondary N) is 1. The second-order valence-electron chi connectivity index (χ2n) is 6.40. The molecule has 140 valence electrons. The minimum Gasteiger partial charge on any atom is -0.348 e. The molecule has 0 aliphatic rings. The standard InChI is InChI=1S/C20H26N2O3S/c1-5-17-11-13-19(14-12-17)22(26(4,24)25)16(3)20(23)21-15(2)18-9-7-6-8-10-18/h6-16H,5H2,1-4H3,(H,21,23). The van der Waals surface area contributed by atoms with Crippen molar-refractivity contribution in [3.8, 4) is 0 Å². The van der Waals surface area contributed by atoms with Crippen LogP contribution in [0.25, 0.3) is 0 Å². The molecule has 2 aromatic rings. The summed E-state index contributed by atoms with van der Waals surface area (Å²) in [5.41, 5.74) is 2.56. The molecule has 2 unspecified atom stereocenters. The van der Waals surface area contributed by atoms with Crippen LogP contribution in [0.2, 0.25) is 0 Å². The second kappa shape index (κ2) is 8.36. The van der Waals surface area contributed by atoms with Crippen molar-refractivity contribution >= 4 is 21.6 Å². The monoisotopic (exact) mass is 374 g/mol. The molecule has 26 heavy (non-hydrogen) atoms. The molecule has 0 heterocycles. The Morgan fingerprint density at radius 2 is 1.62 bits per heavy atom. The zero-order valence-electron chi connectivity index (χ0n) is 15.6. The van der Waals surface area contributed by atoms with Gasteiger partial charge in [0.1, 0.15) is 6.04 Å². The van der Waals surface area contributed by atoms with Crippen LogP contribution in [0.1, 0.15) is 37.9 Å². The highest BCUT2D eigenvalue weighted by Crippen LogP contribution is 2.22. The SMILES string of the molecule is CCc1ccc(N(C(C)C(=O)NC(C)c2ccccc2)S(C)(=O)=O)cc1. The van der Waals surface area contributed by atoms with Crippen LogP contribution < -0.4 is 9.62 Å². The number of hydrogen-bond acceptors (Lipinski definition) is 3. The number of aryl methyl sites for hydroxylation is 1. The van der Waals surface area contributed by atoms with Crippen molar-refractivity contribution in [2.75, 3.05) is 10.6 Å². The van der Waals surface area contributed by atoms with E-state index in [1.165, 1.54) is 4.31 Å². The van der Waals surface area contributed by atoms with Crippen molar-refractivity contribution < 1.29 is 13.2 Å². The topological polar surface area (TPSA) is 66.5 Å². The van der Waals surface area contributed by atoms with Gasteiger partial charge >= 0.3 is 0 Å². The van der Waals surface area contributed by atoms with Gasteiger partial charge in [0.05, 0.1) is 18.0 Å². The predicted molar refractivity (Wildman–Crippen MR) is 106 cm³/mol. The van der Waals surface area contributed by atoms with Crippen LogP contribution in [0.3, 0.4) is 0 Å². The molecule has 0 saturated carbocycles. The number of carbonyl (C=O) groups excluding carboxylic acids is 1. The molecule has 1 N–H and O–H groups in total. The first-order chi connectivity index (χ1) is 12.2. The van der Waals surface area contributed by atoms with E-state index in [1.54, 1.807) is 19.1 Å². The van der Waals surface area contributed by atoms with Crippen LogP contribution in [0.4, 0.5) is 5.69 Å². The Morgan fingerprint density at radius 3 is 2.12 bits per heavy atom. The van der Waals surface area contributed by atoms with Gasteiger partial charge in [-0.25, -0.2) is 8.42 Å². The largest absolute Gasteiger partial charge is 0.348 e. The average Bonchev–Trinajstić information content (AvgIpc) is 2.61. The van der Waals surface area contributed by atoms with Crippen molar-refractivity contribution in [1.82, 2.24) is 5.32 Å². The Morgan fingerprint density at radius 1 is 1.04 bits per heavy atom. The number of anilines is 1. The number of rotatable bonds is 7. The fourth-order valence-electron chi connectivity index (χ4n) is 2.85. The highest BCUT2D eigenvalue weighted by atomic mass is 32.2. The van der Waals surface area contributed by atoms with E-state index >= 15 is 0 Å². The molecule has 0 fully saturated rings. The third kappa shape index (κ3) is 4.85. The van der Waals surface area contributed by atoms with Crippen LogP contribution in [-0.2, 0) is 21.2 Å². The molecular weight excluding hydrogens is 348 g/mol. The van der Waals surface area contributed by atoms with Crippen LogP contribution in [0, 0.1) is 0 Å². The lowest BCUT2D eigenvalue weighted by molar-refractivity contribution is -0.122. The van der Waals surface area contributed by atoms with E-state index in [0.29, 0.717) is 5.69 Å². The Labute approximate surface area is 156 Å². The summed E-state index contributed by atoms with van der Waals surface area (Å²) in [5, 5.41) is 2.90. The van der Waals surface area contributed by atoms with E-state index in [1.807, 2.05) is 56.3 Å². The molecule has 0 radical (unpaired) electrons. The first kappa shape index (κ1) is 20.0. The summed E-state index contributed by atoms with van der Waals surface area (Å²) in [6, 6.07) is 15.7. The van der Waals surface area contributed by atoms with Gasteiger partial charge in [0.2, 0.25) is 15.9 Å². The van der Waals surface area contributed by atoms with E-state index in [2.05, 4.69) is 5.32 Å². The summed E-state index contributed by atoms with van der Waals surface area (Å²) in [6.45, 7) is 5.51. The van der Waals surface area contributed by atoms with Crippen molar-refractivity contribution in [3.63, 3.8) is 0 Å². The number of benzene rings is 2. The summed E-state index contributed by atoms with van der Waals surface area (Å²) in [5.74, 6) is -0.341. The maximum absolute atomic E-state index is 12.7. The van der Waals surface area contributed by atoms with E-state index in [-0.39, 0.29) is 11.9 Å². The minimum atomic E-state index is -3.61. The predicted octanol–water partition coefficient (Wildman–Crippen LogP) is 3.28. The van der Waals surface area contributed by atoms with E-state index < -0.39 is 16.1 Å². The van der Waals surface area contributed by atoms with Gasteiger partial charge in [0.25, 0.3) is 0 Å². The fourth-order valence-corrected chi connectivity index (χ4v) is 4.02. The first-order valence-electron chi connectivity index (χ1n) is 8.67. The third-order valence-corrected chi connectivity index (χ3v) is 5.59. The van der Waals surface area contributed by atoms with Crippen LogP contribution in [-0.4, -0.2) is 26.6 Å². The van der Waals surface area contributed by atoms with Gasteiger partial charge in [-0.05, 0) is 43.5 Å². The average molecular weight is 375 g/mol. The molecule has 0 bridgehead atoms. The summed E-state index contributed by atoms with van der Waals surface area (Å²) in [7, 11) is -3.61. The third-order valence-electron chi connectivity index (χ3n) is 4.35. The molecule has 0 spiro atoms. The lowest BCUT2D eigenvalue weighted by atomic mass is 10.1. The summed E-state index contributed by atoms with van der Waals surface area (Å²) < 4.78 is 25.8. The van der Waals surface area contributed by atoms with E-state index in [4.69, 9.17) is 0 Å². The van der Waals surface area contributed by atoms with Crippen LogP contribution in [0.5, 0.6) is 0 Å². The lowest BCUT2D eigenvalue weighted by Crippen LogP contribution is -2.48. The summed E-state index contributed by atoms with van der Waals surface area (Å²) >= 11 is 0. The van der Waals surface area contributed by atoms with Gasteiger partial charge in [0, 0.05) is 0 Å². The van der Waals surface area contributed by atoms with Crippen molar-refractivity contribution in [2.45, 2.75) is 39.3 Å². The van der Waals surface area contributed by atoms with Crippen molar-refractivity contribution in [3.05, 3.63) is 65.7 Å². The van der Waals surface area contributed by atoms with Gasteiger partial charge < -0.3 is 5.32 Å². The number of hydrogen-bond donors (Lipinski definition) is 1. The molecule has 2 atom stereocenters. The normalized spacial score (nSPS) is 13.7. The van der Waals surface area contributed by atoms with Crippen molar-refractivity contribution in [2.24, 2.45) is 0 Å². The molecule has 0 aromatic heterocycles. The molecule has 6 heteroatoms. The number of amides is 1. The Bertz CT molecular complexity index is 833. The van der Waals surface area contributed by atoms with E-state index in [0.717, 1.165) is 23.8 Å². The Hall–Kier alpha value is -2.34. The maximum atomic E-state index is 12.7. The second-order valence-corrected chi connectivity index (χ2v) is 8.26. The maximum Gasteiger partial charge on any atom is 0.244 e. The zero-order chi connectivity index (χ0) is 19.3. The Kier molecular flexibility index (Phi) is 6.42. The molecule has 2 rings (SSSR count). The summed E-state index contributed by atoms with van der Waals surface area (Å²) in [6.07, 6.45) is 1.98. The minimum absolute atomic E-state index is 0.213. The molecule has 1 amide bonds. The first-order valence-corrected chi connectivity index (χ1v) is 10.5. The molecule has 0 aliphatic heterocycles. The van der Waals surface area contributed by atoms with Gasteiger partial charge in [0.15, 0.2) is 0 Å². The quantitative estimate of drug-likeness (QED) is 0.809. The number of nitrogens with zero attached hydrogens (tertiary/aromatic N) is 1. The molecule has 2 aromatic carbocycles. The number of carbonyl (C=O) groups is 1. The van der Waals surface area contributed by atoms with E-state index in [9.17, 15) is 13.2 Å². The fraction of sp³-hybridized carbons (Fsp3) is 0.350. The highest BCUT2D eigenvalue weighted by Gasteiger charge is 2.29. The molecule has 5 nitrogen and oxygen atoms in total. The molecule has 0 aliphatic carbocycles. The van der Waals surface area contributed by atoms with Crippen molar-refractivity contribution in [1.29, 1.82) is 0 Å². The molecule has 0 saturated heterocycles. The van der Waals surface area contributed by atoms with Crippen LogP contribution >= 0.6 is 0 Å². The smallest absolute Gasteiger partial charge is 0.244 e. The van der Waals surface area contributed by atoms with Gasteiger partial charge in [-0.1, -0.05) is 49.4 Å². The van der Waals surface area contributed by atoms with Gasteiger partial charge in [-0.3, -0.25) is 9.10 Å².